The van der Waals surface area contributed by atoms with Gasteiger partial charge in [-0.05, 0) is 72.9 Å². The van der Waals surface area contributed by atoms with Crippen LogP contribution in [0.3, 0.4) is 0 Å². The fraction of sp³-hybridized carbons (Fsp3) is 0.400. The van der Waals surface area contributed by atoms with Gasteiger partial charge in [-0.3, -0.25) is 0 Å². The van der Waals surface area contributed by atoms with Crippen LogP contribution in [-0.2, 0) is 19.3 Å². The van der Waals surface area contributed by atoms with Crippen LogP contribution in [0, 0.1) is 19.8 Å². The molecule has 0 atom stereocenters. The minimum Gasteiger partial charge on any atom is -0.0625 e. The monoisotopic (exact) mass is 344 g/mol. The van der Waals surface area contributed by atoms with Crippen molar-refractivity contribution in [3.63, 3.8) is 0 Å². The Morgan fingerprint density at radius 2 is 1.43 bits per heavy atom. The number of rotatable bonds is 5. The quantitative estimate of drug-likeness (QED) is 0.619. The number of hydrogen-bond donors (Lipinski definition) is 0. The summed E-state index contributed by atoms with van der Waals surface area (Å²) in [4.78, 5) is 0. The summed E-state index contributed by atoms with van der Waals surface area (Å²) < 4.78 is 1.21. The predicted octanol–water partition coefficient (Wildman–Crippen LogP) is 6.05. The number of hydrogen-bond acceptors (Lipinski definition) is 0. The largest absolute Gasteiger partial charge is 0.0625 e. The third-order valence-corrected chi connectivity index (χ3v) is 5.04. The molecule has 0 saturated carbocycles. The van der Waals surface area contributed by atoms with Gasteiger partial charge in [0.1, 0.15) is 0 Å². The first-order valence-electron chi connectivity index (χ1n) is 7.79. The van der Waals surface area contributed by atoms with Gasteiger partial charge in [0, 0.05) is 4.47 Å². The maximum atomic E-state index is 3.60. The smallest absolute Gasteiger partial charge is 0.0207 e. The molecule has 112 valence electrons. The van der Waals surface area contributed by atoms with Gasteiger partial charge in [0.05, 0.1) is 0 Å². The summed E-state index contributed by atoms with van der Waals surface area (Å²) in [6.07, 6.45) is 3.40. The summed E-state index contributed by atoms with van der Waals surface area (Å²) in [5, 5.41) is 0. The molecular weight excluding hydrogens is 320 g/mol. The van der Waals surface area contributed by atoms with Crippen molar-refractivity contribution in [2.45, 2.75) is 47.0 Å². The molecule has 0 N–H and O–H groups in total. The highest BCUT2D eigenvalue weighted by molar-refractivity contribution is 9.10. The van der Waals surface area contributed by atoms with E-state index in [0.29, 0.717) is 0 Å². The molecule has 0 aliphatic heterocycles. The Bertz CT molecular complexity index is 594. The standard InChI is InChI=1S/C20H25Br/c1-14(2)13-18-7-5-17(6-8-18)9-10-19-11-12-20(21)16(4)15(19)3/h5-8,11-12,14H,9-10,13H2,1-4H3. The molecule has 2 rings (SSSR count). The lowest BCUT2D eigenvalue weighted by Crippen LogP contribution is -1.98. The van der Waals surface area contributed by atoms with Crippen molar-refractivity contribution in [1.82, 2.24) is 0 Å². The van der Waals surface area contributed by atoms with Crippen LogP contribution in [0.1, 0.15) is 41.7 Å². The summed E-state index contributed by atoms with van der Waals surface area (Å²) in [6.45, 7) is 8.95. The van der Waals surface area contributed by atoms with E-state index >= 15 is 0 Å². The van der Waals surface area contributed by atoms with Crippen molar-refractivity contribution in [3.05, 3.63) is 68.7 Å². The third-order valence-electron chi connectivity index (χ3n) is 4.18. The van der Waals surface area contributed by atoms with Crippen LogP contribution in [0.15, 0.2) is 40.9 Å². The zero-order valence-corrected chi connectivity index (χ0v) is 15.1. The van der Waals surface area contributed by atoms with Gasteiger partial charge in [0.15, 0.2) is 0 Å². The van der Waals surface area contributed by atoms with Gasteiger partial charge < -0.3 is 0 Å². The van der Waals surface area contributed by atoms with Crippen molar-refractivity contribution >= 4 is 15.9 Å². The normalized spacial score (nSPS) is 11.1. The Labute approximate surface area is 137 Å². The Morgan fingerprint density at radius 3 is 2.05 bits per heavy atom. The maximum absolute atomic E-state index is 3.60. The Kier molecular flexibility index (Phi) is 5.64. The van der Waals surface area contributed by atoms with Gasteiger partial charge in [0.2, 0.25) is 0 Å². The molecule has 0 spiro atoms. The zero-order valence-electron chi connectivity index (χ0n) is 13.5. The zero-order chi connectivity index (χ0) is 15.4. The second-order valence-corrected chi connectivity index (χ2v) is 7.23. The first-order valence-corrected chi connectivity index (χ1v) is 8.59. The molecular formula is C20H25Br. The van der Waals surface area contributed by atoms with Crippen molar-refractivity contribution < 1.29 is 0 Å². The number of aryl methyl sites for hydroxylation is 2. The van der Waals surface area contributed by atoms with E-state index in [-0.39, 0.29) is 0 Å². The Morgan fingerprint density at radius 1 is 0.810 bits per heavy atom. The van der Waals surface area contributed by atoms with Crippen LogP contribution >= 0.6 is 15.9 Å². The van der Waals surface area contributed by atoms with Crippen molar-refractivity contribution in [1.29, 1.82) is 0 Å². The minimum absolute atomic E-state index is 0.726. The van der Waals surface area contributed by atoms with Crippen LogP contribution in [0.2, 0.25) is 0 Å². The van der Waals surface area contributed by atoms with E-state index in [9.17, 15) is 0 Å². The highest BCUT2D eigenvalue weighted by Crippen LogP contribution is 2.23. The first-order chi connectivity index (χ1) is 9.97. The summed E-state index contributed by atoms with van der Waals surface area (Å²) in [5.41, 5.74) is 7.12. The van der Waals surface area contributed by atoms with Crippen LogP contribution in [-0.4, -0.2) is 0 Å². The second-order valence-electron chi connectivity index (χ2n) is 6.37. The average Bonchev–Trinajstić information content (AvgIpc) is 2.45. The van der Waals surface area contributed by atoms with E-state index in [1.807, 2.05) is 0 Å². The summed E-state index contributed by atoms with van der Waals surface area (Å²) in [5.74, 6) is 0.726. The van der Waals surface area contributed by atoms with E-state index in [2.05, 4.69) is 80.0 Å². The molecule has 0 aromatic heterocycles. The SMILES string of the molecule is Cc1c(Br)ccc(CCc2ccc(CC(C)C)cc2)c1C. The fourth-order valence-electron chi connectivity index (χ4n) is 2.71. The lowest BCUT2D eigenvalue weighted by molar-refractivity contribution is 0.647. The molecule has 0 bridgehead atoms. The maximum Gasteiger partial charge on any atom is 0.0207 e. The van der Waals surface area contributed by atoms with Gasteiger partial charge in [0.25, 0.3) is 0 Å². The van der Waals surface area contributed by atoms with Crippen molar-refractivity contribution in [2.75, 3.05) is 0 Å². The molecule has 2 aromatic rings. The summed E-state index contributed by atoms with van der Waals surface area (Å²) in [6, 6.07) is 13.6. The molecule has 21 heavy (non-hydrogen) atoms. The van der Waals surface area contributed by atoms with E-state index in [4.69, 9.17) is 0 Å². The molecule has 0 nitrogen and oxygen atoms in total. The fourth-order valence-corrected chi connectivity index (χ4v) is 3.14. The van der Waals surface area contributed by atoms with Gasteiger partial charge in [-0.15, -0.1) is 0 Å². The van der Waals surface area contributed by atoms with Crippen LogP contribution < -0.4 is 0 Å². The second kappa shape index (κ2) is 7.26. The van der Waals surface area contributed by atoms with Gasteiger partial charge in [-0.2, -0.15) is 0 Å². The predicted molar refractivity (Wildman–Crippen MR) is 96.0 cm³/mol. The van der Waals surface area contributed by atoms with Crippen LogP contribution in [0.4, 0.5) is 0 Å². The third kappa shape index (κ3) is 4.44. The number of benzene rings is 2. The summed E-state index contributed by atoms with van der Waals surface area (Å²) >= 11 is 3.60. The van der Waals surface area contributed by atoms with Gasteiger partial charge >= 0.3 is 0 Å². The molecule has 1 heteroatoms. The van der Waals surface area contributed by atoms with Crippen LogP contribution in [0.5, 0.6) is 0 Å². The molecule has 2 aromatic carbocycles. The van der Waals surface area contributed by atoms with Gasteiger partial charge in [-0.1, -0.05) is 60.1 Å². The molecule has 0 unspecified atom stereocenters. The van der Waals surface area contributed by atoms with Crippen LogP contribution in [0.25, 0.3) is 0 Å². The molecule has 0 aliphatic carbocycles. The van der Waals surface area contributed by atoms with E-state index in [0.717, 1.165) is 18.8 Å². The summed E-state index contributed by atoms with van der Waals surface area (Å²) in [7, 11) is 0. The molecule has 0 heterocycles. The van der Waals surface area contributed by atoms with E-state index < -0.39 is 0 Å². The van der Waals surface area contributed by atoms with Crippen molar-refractivity contribution in [2.24, 2.45) is 5.92 Å². The highest BCUT2D eigenvalue weighted by Gasteiger charge is 2.05. The molecule has 0 amide bonds. The molecule has 0 fully saturated rings. The lowest BCUT2D eigenvalue weighted by Gasteiger charge is -2.11. The molecule has 0 saturated heterocycles. The minimum atomic E-state index is 0.726. The van der Waals surface area contributed by atoms with E-state index in [1.54, 1.807) is 0 Å². The Hall–Kier alpha value is -1.08. The lowest BCUT2D eigenvalue weighted by atomic mass is 9.96. The molecule has 0 radical (unpaired) electrons. The van der Waals surface area contributed by atoms with Crippen molar-refractivity contribution in [3.8, 4) is 0 Å². The highest BCUT2D eigenvalue weighted by atomic mass is 79.9. The molecule has 0 aliphatic rings. The van der Waals surface area contributed by atoms with Gasteiger partial charge in [-0.25, -0.2) is 0 Å². The first kappa shape index (κ1) is 16.3. The topological polar surface area (TPSA) is 0 Å². The number of halogens is 1. The van der Waals surface area contributed by atoms with E-state index in [1.165, 1.54) is 38.7 Å². The average molecular weight is 345 g/mol. The Balaban J connectivity index is 2.02.